The number of pyridine rings is 1. The number of aryl methyl sites for hydroxylation is 2. The van der Waals surface area contributed by atoms with Crippen LogP contribution < -0.4 is 16.4 Å². The van der Waals surface area contributed by atoms with E-state index in [1.807, 2.05) is 0 Å². The summed E-state index contributed by atoms with van der Waals surface area (Å²) in [7, 11) is 0. The second-order valence-electron chi connectivity index (χ2n) is 6.37. The van der Waals surface area contributed by atoms with Gasteiger partial charge >= 0.3 is 0 Å². The van der Waals surface area contributed by atoms with E-state index in [4.69, 9.17) is 22.9 Å². The highest BCUT2D eigenvalue weighted by Gasteiger charge is 2.30. The summed E-state index contributed by atoms with van der Waals surface area (Å²) in [5.74, 6) is 0.818. The van der Waals surface area contributed by atoms with Gasteiger partial charge in [0.25, 0.3) is 0 Å². The second-order valence-corrected chi connectivity index (χ2v) is 6.77. The lowest BCUT2D eigenvalue weighted by Crippen LogP contribution is -2.39. The summed E-state index contributed by atoms with van der Waals surface area (Å²) in [6.45, 7) is 2.10. The molecule has 0 saturated heterocycles. The molecule has 1 aliphatic carbocycles. The van der Waals surface area contributed by atoms with Gasteiger partial charge in [-0.3, -0.25) is 0 Å². The summed E-state index contributed by atoms with van der Waals surface area (Å²) in [5.41, 5.74) is 13.2. The molecule has 0 fully saturated rings. The van der Waals surface area contributed by atoms with E-state index < -0.39 is 0 Å². The minimum absolute atomic E-state index is 0.0432. The Morgan fingerprint density at radius 1 is 1.26 bits per heavy atom. The van der Waals surface area contributed by atoms with Crippen LogP contribution in [0.1, 0.15) is 46.8 Å². The molecule has 0 amide bonds. The largest absolute Gasteiger partial charge is 0.398 e. The van der Waals surface area contributed by atoms with Crippen molar-refractivity contribution in [1.29, 1.82) is 0 Å². The maximum absolute atomic E-state index is 6.57. The van der Waals surface area contributed by atoms with E-state index in [0.29, 0.717) is 5.11 Å². The number of benzene rings is 1. The number of nitrogens with two attached hydrogens (primary N) is 1. The summed E-state index contributed by atoms with van der Waals surface area (Å²) < 4.78 is 0. The average molecular weight is 324 g/mol. The van der Waals surface area contributed by atoms with E-state index >= 15 is 0 Å². The zero-order chi connectivity index (χ0) is 16.0. The van der Waals surface area contributed by atoms with Crippen LogP contribution in [0.3, 0.4) is 0 Å². The average Bonchev–Trinajstić information content (AvgIpc) is 2.54. The van der Waals surface area contributed by atoms with Gasteiger partial charge in [0.05, 0.1) is 6.04 Å². The number of nitrogen functional groups attached to an aromatic ring is 1. The van der Waals surface area contributed by atoms with Crippen molar-refractivity contribution in [3.05, 3.63) is 52.2 Å². The first-order valence-electron chi connectivity index (χ1n) is 8.08. The van der Waals surface area contributed by atoms with Gasteiger partial charge in [0.2, 0.25) is 0 Å². The molecule has 0 bridgehead atoms. The molecule has 4 N–H and O–H groups in total. The van der Waals surface area contributed by atoms with Crippen molar-refractivity contribution in [1.82, 2.24) is 10.3 Å². The molecular weight excluding hydrogens is 304 g/mol. The number of rotatable bonds is 1. The van der Waals surface area contributed by atoms with Crippen LogP contribution in [0.25, 0.3) is 0 Å². The van der Waals surface area contributed by atoms with Crippen LogP contribution in [0.4, 0.5) is 11.5 Å². The fourth-order valence-corrected chi connectivity index (χ4v) is 3.84. The minimum Gasteiger partial charge on any atom is -0.398 e. The summed E-state index contributed by atoms with van der Waals surface area (Å²) in [6.07, 6.45) is 4.39. The van der Waals surface area contributed by atoms with Gasteiger partial charge in [-0.25, -0.2) is 4.98 Å². The van der Waals surface area contributed by atoms with Crippen molar-refractivity contribution < 1.29 is 0 Å². The van der Waals surface area contributed by atoms with Crippen LogP contribution in [-0.2, 0) is 12.8 Å². The second kappa shape index (κ2) is 5.49. The number of hydrogen-bond acceptors (Lipinski definition) is 3. The van der Waals surface area contributed by atoms with Crippen molar-refractivity contribution in [2.45, 2.75) is 38.6 Å². The lowest BCUT2D eigenvalue weighted by molar-refractivity contribution is 0.662. The number of aromatic nitrogens is 1. The van der Waals surface area contributed by atoms with Gasteiger partial charge in [0, 0.05) is 16.9 Å². The van der Waals surface area contributed by atoms with Crippen molar-refractivity contribution in [2.24, 2.45) is 0 Å². The Labute approximate surface area is 141 Å². The van der Waals surface area contributed by atoms with Crippen LogP contribution in [-0.4, -0.2) is 10.1 Å². The fraction of sp³-hybridized carbons (Fsp3) is 0.333. The molecule has 4 nitrogen and oxygen atoms in total. The van der Waals surface area contributed by atoms with Crippen LogP contribution in [0.15, 0.2) is 24.3 Å². The predicted molar refractivity (Wildman–Crippen MR) is 97.7 cm³/mol. The van der Waals surface area contributed by atoms with E-state index in [1.54, 1.807) is 0 Å². The predicted octanol–water partition coefficient (Wildman–Crippen LogP) is 3.24. The third-order valence-corrected chi connectivity index (χ3v) is 4.95. The Kier molecular flexibility index (Phi) is 3.45. The molecule has 0 radical (unpaired) electrons. The zero-order valence-corrected chi connectivity index (χ0v) is 14.0. The highest BCUT2D eigenvalue weighted by molar-refractivity contribution is 7.80. The fourth-order valence-electron chi connectivity index (χ4n) is 3.62. The molecule has 5 heteroatoms. The lowest BCUT2D eigenvalue weighted by Gasteiger charge is -2.32. The molecule has 2 aliphatic rings. The van der Waals surface area contributed by atoms with E-state index in [-0.39, 0.29) is 6.04 Å². The highest BCUT2D eigenvalue weighted by Crippen LogP contribution is 2.39. The number of hydrogen-bond donors (Lipinski definition) is 3. The van der Waals surface area contributed by atoms with Gasteiger partial charge in [-0.2, -0.15) is 0 Å². The van der Waals surface area contributed by atoms with Gasteiger partial charge < -0.3 is 16.4 Å². The molecule has 23 heavy (non-hydrogen) atoms. The molecule has 1 aliphatic heterocycles. The molecule has 2 heterocycles. The molecule has 1 aromatic carbocycles. The van der Waals surface area contributed by atoms with Gasteiger partial charge in [0.1, 0.15) is 5.82 Å². The van der Waals surface area contributed by atoms with E-state index in [1.165, 1.54) is 29.5 Å². The topological polar surface area (TPSA) is 63.0 Å². The maximum Gasteiger partial charge on any atom is 0.172 e. The van der Waals surface area contributed by atoms with Gasteiger partial charge in [-0.05, 0) is 56.0 Å². The third-order valence-electron chi connectivity index (χ3n) is 4.73. The summed E-state index contributed by atoms with van der Waals surface area (Å²) >= 11 is 5.39. The Hall–Kier alpha value is -2.14. The summed E-state index contributed by atoms with van der Waals surface area (Å²) in [5, 5.41) is 7.16. The third kappa shape index (κ3) is 2.45. The molecule has 0 spiro atoms. The SMILES string of the molecule is Cc1cccc(C2NC(=S)Nc3nc4c(c(N)c32)CCCC4)c1. The molecule has 1 aromatic heterocycles. The standard InChI is InChI=1S/C18H20N4S/c1-10-5-4-6-11(9-10)16-14-15(19)12-7-2-3-8-13(12)20-17(14)22-18(23)21-16/h4-6,9,16H,2-3,7-8H2,1H3,(H4,19,20,21,22,23). The molecule has 4 rings (SSSR count). The summed E-state index contributed by atoms with van der Waals surface area (Å²) in [6, 6.07) is 8.41. The zero-order valence-electron chi connectivity index (χ0n) is 13.1. The number of fused-ring (bicyclic) bond motifs is 2. The number of nitrogens with zero attached hydrogens (tertiary/aromatic N) is 1. The molecule has 1 atom stereocenters. The van der Waals surface area contributed by atoms with Crippen molar-refractivity contribution >= 4 is 28.8 Å². The number of nitrogens with one attached hydrogen (secondary N) is 2. The molecule has 2 aromatic rings. The van der Waals surface area contributed by atoms with Crippen LogP contribution >= 0.6 is 12.2 Å². The number of thiocarbonyl (C=S) groups is 1. The Morgan fingerprint density at radius 2 is 2.09 bits per heavy atom. The van der Waals surface area contributed by atoms with E-state index in [2.05, 4.69) is 41.8 Å². The monoisotopic (exact) mass is 324 g/mol. The molecule has 118 valence electrons. The van der Waals surface area contributed by atoms with Gasteiger partial charge in [0.15, 0.2) is 5.11 Å². The van der Waals surface area contributed by atoms with Gasteiger partial charge in [-0.1, -0.05) is 29.8 Å². The Bertz CT molecular complexity index is 800. The van der Waals surface area contributed by atoms with Crippen molar-refractivity contribution in [3.63, 3.8) is 0 Å². The van der Waals surface area contributed by atoms with Crippen molar-refractivity contribution in [3.8, 4) is 0 Å². The maximum atomic E-state index is 6.57. The van der Waals surface area contributed by atoms with Gasteiger partial charge in [-0.15, -0.1) is 0 Å². The molecule has 0 saturated carbocycles. The Morgan fingerprint density at radius 3 is 2.91 bits per heavy atom. The van der Waals surface area contributed by atoms with E-state index in [9.17, 15) is 0 Å². The first kappa shape index (κ1) is 14.5. The van der Waals surface area contributed by atoms with Crippen LogP contribution in [0, 0.1) is 6.92 Å². The van der Waals surface area contributed by atoms with E-state index in [0.717, 1.165) is 35.6 Å². The van der Waals surface area contributed by atoms with Crippen molar-refractivity contribution in [2.75, 3.05) is 11.1 Å². The highest BCUT2D eigenvalue weighted by atomic mass is 32.1. The first-order valence-corrected chi connectivity index (χ1v) is 8.49. The minimum atomic E-state index is -0.0432. The molecule has 1 unspecified atom stereocenters. The van der Waals surface area contributed by atoms with Crippen LogP contribution in [0.2, 0.25) is 0 Å². The Balaban J connectivity index is 1.90. The van der Waals surface area contributed by atoms with Crippen LogP contribution in [0.5, 0.6) is 0 Å². The summed E-state index contributed by atoms with van der Waals surface area (Å²) in [4.78, 5) is 4.84. The quantitative estimate of drug-likeness (QED) is 0.703. The number of anilines is 2. The molecular formula is C18H20N4S. The first-order chi connectivity index (χ1) is 11.1. The normalized spacial score (nSPS) is 19.3. The smallest absolute Gasteiger partial charge is 0.172 e. The lowest BCUT2D eigenvalue weighted by atomic mass is 9.88.